The van der Waals surface area contributed by atoms with Gasteiger partial charge in [0.1, 0.15) is 0 Å². The minimum Gasteiger partial charge on any atom is -0.381 e. The van der Waals surface area contributed by atoms with Gasteiger partial charge in [-0.3, -0.25) is 0 Å². The van der Waals surface area contributed by atoms with E-state index < -0.39 is 0 Å². The van der Waals surface area contributed by atoms with Crippen molar-refractivity contribution >= 4 is 11.6 Å². The third-order valence-electron chi connectivity index (χ3n) is 2.71. The molecule has 1 nitrogen and oxygen atoms in total. The minimum atomic E-state index is 0.419. The molecule has 2 atom stereocenters. The Morgan fingerprint density at radius 2 is 1.70 bits per heavy atom. The van der Waals surface area contributed by atoms with Gasteiger partial charge in [0.25, 0.3) is 0 Å². The highest BCUT2D eigenvalue weighted by Crippen LogP contribution is 2.36. The van der Waals surface area contributed by atoms with Gasteiger partial charge in [-0.15, -0.1) is 11.6 Å². The van der Waals surface area contributed by atoms with Crippen molar-refractivity contribution < 1.29 is 4.74 Å². The summed E-state index contributed by atoms with van der Waals surface area (Å²) in [6.45, 7) is 1.81. The summed E-state index contributed by atoms with van der Waals surface area (Å²) in [5.74, 6) is 1.32. The number of fused-ring (bicyclic) bond motifs is 2. The molecule has 2 rings (SSSR count). The topological polar surface area (TPSA) is 9.23 Å². The molecule has 0 spiro atoms. The summed E-state index contributed by atoms with van der Waals surface area (Å²) in [5, 5.41) is 0.419. The number of halogens is 1. The molecule has 2 aliphatic rings. The highest BCUT2D eigenvalue weighted by Gasteiger charge is 2.35. The van der Waals surface area contributed by atoms with Crippen LogP contribution in [0.4, 0.5) is 0 Å². The van der Waals surface area contributed by atoms with Crippen molar-refractivity contribution in [1.82, 2.24) is 0 Å². The summed E-state index contributed by atoms with van der Waals surface area (Å²) in [6, 6.07) is 0. The third-order valence-corrected chi connectivity index (χ3v) is 3.43. The van der Waals surface area contributed by atoms with Gasteiger partial charge in [-0.2, -0.15) is 0 Å². The van der Waals surface area contributed by atoms with E-state index in [9.17, 15) is 0 Å². The van der Waals surface area contributed by atoms with Gasteiger partial charge in [0.05, 0.1) is 13.2 Å². The van der Waals surface area contributed by atoms with Gasteiger partial charge in [0.15, 0.2) is 0 Å². The van der Waals surface area contributed by atoms with Crippen molar-refractivity contribution in [3.8, 4) is 0 Å². The quantitative estimate of drug-likeness (QED) is 0.493. The third kappa shape index (κ3) is 1.06. The Labute approximate surface area is 66.7 Å². The fraction of sp³-hybridized carbons (Fsp3) is 1.00. The molecule has 0 N–H and O–H groups in total. The highest BCUT2D eigenvalue weighted by molar-refractivity contribution is 6.21. The molecule has 58 valence electrons. The van der Waals surface area contributed by atoms with Crippen LogP contribution in [0.15, 0.2) is 0 Å². The van der Waals surface area contributed by atoms with E-state index in [0.29, 0.717) is 17.2 Å². The Balaban J connectivity index is 2.05. The van der Waals surface area contributed by atoms with Gasteiger partial charge in [0.2, 0.25) is 0 Å². The normalized spacial score (nSPS) is 47.1. The first kappa shape index (κ1) is 6.93. The zero-order chi connectivity index (χ0) is 6.97. The van der Waals surface area contributed by atoms with Crippen LogP contribution in [0.1, 0.15) is 19.3 Å². The van der Waals surface area contributed by atoms with Crippen LogP contribution in [0.5, 0.6) is 0 Å². The lowest BCUT2D eigenvalue weighted by Crippen LogP contribution is -2.39. The molecule has 1 saturated heterocycles. The summed E-state index contributed by atoms with van der Waals surface area (Å²) in [6.07, 6.45) is 3.93. The van der Waals surface area contributed by atoms with Crippen LogP contribution in [0.3, 0.4) is 0 Å². The van der Waals surface area contributed by atoms with Crippen molar-refractivity contribution in [3.05, 3.63) is 0 Å². The molecule has 2 bridgehead atoms. The Morgan fingerprint density at radius 3 is 2.20 bits per heavy atom. The molecule has 2 heteroatoms. The molecule has 1 aliphatic carbocycles. The first-order valence-corrected chi connectivity index (χ1v) is 4.53. The van der Waals surface area contributed by atoms with Crippen LogP contribution in [0.2, 0.25) is 0 Å². The molecule has 1 heterocycles. The Morgan fingerprint density at radius 1 is 1.10 bits per heavy atom. The Hall–Kier alpha value is 0.250. The first-order chi connectivity index (χ1) is 4.88. The van der Waals surface area contributed by atoms with Crippen LogP contribution in [-0.2, 0) is 4.74 Å². The molecule has 10 heavy (non-hydrogen) atoms. The number of rotatable bonds is 0. The number of alkyl halides is 1. The van der Waals surface area contributed by atoms with E-state index in [0.717, 1.165) is 13.2 Å². The van der Waals surface area contributed by atoms with E-state index in [-0.39, 0.29) is 0 Å². The largest absolute Gasteiger partial charge is 0.381 e. The van der Waals surface area contributed by atoms with E-state index in [1.165, 1.54) is 19.3 Å². The molecular formula is C8H13ClO. The predicted molar refractivity (Wildman–Crippen MR) is 41.3 cm³/mol. The molecule has 2 fully saturated rings. The van der Waals surface area contributed by atoms with Gasteiger partial charge in [0, 0.05) is 5.38 Å². The zero-order valence-electron chi connectivity index (χ0n) is 6.05. The molecule has 0 aromatic carbocycles. The predicted octanol–water partition coefficient (Wildman–Crippen LogP) is 2.04. The number of hydrogen-bond acceptors (Lipinski definition) is 1. The first-order valence-electron chi connectivity index (χ1n) is 4.10. The van der Waals surface area contributed by atoms with Crippen LogP contribution in [0.25, 0.3) is 0 Å². The lowest BCUT2D eigenvalue weighted by atomic mass is 9.80. The van der Waals surface area contributed by atoms with Crippen molar-refractivity contribution in [2.75, 3.05) is 13.2 Å². The number of ether oxygens (including phenoxy) is 1. The molecule has 1 aliphatic heterocycles. The maximum absolute atomic E-state index is 6.20. The summed E-state index contributed by atoms with van der Waals surface area (Å²) in [4.78, 5) is 0. The van der Waals surface area contributed by atoms with E-state index in [1.807, 2.05) is 0 Å². The van der Waals surface area contributed by atoms with Gasteiger partial charge in [-0.25, -0.2) is 0 Å². The second-order valence-electron chi connectivity index (χ2n) is 3.43. The average Bonchev–Trinajstić information content (AvgIpc) is 1.86. The minimum absolute atomic E-state index is 0.419. The fourth-order valence-electron chi connectivity index (χ4n) is 2.07. The summed E-state index contributed by atoms with van der Waals surface area (Å²) < 4.78 is 5.42. The maximum Gasteiger partial charge on any atom is 0.0508 e. The molecule has 0 aromatic rings. The summed E-state index contributed by atoms with van der Waals surface area (Å²) >= 11 is 6.20. The van der Waals surface area contributed by atoms with Crippen molar-refractivity contribution in [2.45, 2.75) is 24.6 Å². The zero-order valence-corrected chi connectivity index (χ0v) is 6.81. The van der Waals surface area contributed by atoms with Crippen molar-refractivity contribution in [1.29, 1.82) is 0 Å². The summed E-state index contributed by atoms with van der Waals surface area (Å²) in [5.41, 5.74) is 0. The van der Waals surface area contributed by atoms with Crippen LogP contribution >= 0.6 is 11.6 Å². The standard InChI is InChI=1S/C8H13ClO/c9-8-6-2-1-3-7(8)5-10-4-6/h6-8H,1-5H2. The van der Waals surface area contributed by atoms with Crippen LogP contribution < -0.4 is 0 Å². The van der Waals surface area contributed by atoms with Gasteiger partial charge < -0.3 is 4.74 Å². The van der Waals surface area contributed by atoms with Gasteiger partial charge in [-0.1, -0.05) is 6.42 Å². The second-order valence-corrected chi connectivity index (χ2v) is 3.94. The van der Waals surface area contributed by atoms with Gasteiger partial charge in [-0.05, 0) is 24.7 Å². The lowest BCUT2D eigenvalue weighted by Gasteiger charge is -2.38. The van der Waals surface area contributed by atoms with E-state index >= 15 is 0 Å². The second kappa shape index (κ2) is 2.71. The van der Waals surface area contributed by atoms with Crippen LogP contribution in [0, 0.1) is 11.8 Å². The van der Waals surface area contributed by atoms with Crippen LogP contribution in [-0.4, -0.2) is 18.6 Å². The Kier molecular flexibility index (Phi) is 1.88. The molecular weight excluding hydrogens is 148 g/mol. The number of hydrogen-bond donors (Lipinski definition) is 0. The lowest BCUT2D eigenvalue weighted by molar-refractivity contribution is -0.00591. The highest BCUT2D eigenvalue weighted by atomic mass is 35.5. The Bertz CT molecular complexity index is 104. The van der Waals surface area contributed by atoms with Gasteiger partial charge >= 0.3 is 0 Å². The van der Waals surface area contributed by atoms with E-state index in [4.69, 9.17) is 16.3 Å². The molecule has 0 amide bonds. The SMILES string of the molecule is ClC1C2CCCC1COC2. The smallest absolute Gasteiger partial charge is 0.0508 e. The van der Waals surface area contributed by atoms with Crippen molar-refractivity contribution in [2.24, 2.45) is 11.8 Å². The van der Waals surface area contributed by atoms with Crippen molar-refractivity contribution in [3.63, 3.8) is 0 Å². The fourth-order valence-corrected chi connectivity index (χ4v) is 2.46. The monoisotopic (exact) mass is 160 g/mol. The van der Waals surface area contributed by atoms with E-state index in [1.54, 1.807) is 0 Å². The summed E-state index contributed by atoms with van der Waals surface area (Å²) in [7, 11) is 0. The molecule has 1 saturated carbocycles. The maximum atomic E-state index is 6.20. The average molecular weight is 161 g/mol. The molecule has 0 aromatic heterocycles. The molecule has 2 unspecified atom stereocenters. The van der Waals surface area contributed by atoms with E-state index in [2.05, 4.69) is 0 Å². The molecule has 0 radical (unpaired) electrons.